The minimum absolute atomic E-state index is 0.0363. The fraction of sp³-hybridized carbons (Fsp3) is 0.769. The first-order chi connectivity index (χ1) is 9.52. The van der Waals surface area contributed by atoms with E-state index in [1.54, 1.807) is 0 Å². The molecule has 0 aromatic heterocycles. The number of hydrogen-bond acceptors (Lipinski definition) is 3. The number of carbonyl (C=O) groups is 3. The highest BCUT2D eigenvalue weighted by Crippen LogP contribution is 2.28. The Morgan fingerprint density at radius 1 is 1.05 bits per heavy atom. The van der Waals surface area contributed by atoms with Gasteiger partial charge in [0.2, 0.25) is 5.91 Å². The Bertz CT molecular complexity index is 352. The molecular formula is C13H23N3O4. The van der Waals surface area contributed by atoms with Gasteiger partial charge in [-0.3, -0.25) is 9.59 Å². The maximum Gasteiger partial charge on any atom is 0.315 e. The zero-order chi connectivity index (χ0) is 15.0. The lowest BCUT2D eigenvalue weighted by molar-refractivity contribution is -0.143. The van der Waals surface area contributed by atoms with Gasteiger partial charge in [-0.1, -0.05) is 0 Å². The molecule has 114 valence electrons. The fourth-order valence-electron chi connectivity index (χ4n) is 2.33. The third-order valence-corrected chi connectivity index (χ3v) is 3.53. The first kappa shape index (κ1) is 16.3. The molecule has 1 rings (SSSR count). The number of amides is 3. The Kier molecular flexibility index (Phi) is 6.83. The van der Waals surface area contributed by atoms with E-state index in [0.717, 1.165) is 12.8 Å². The summed E-state index contributed by atoms with van der Waals surface area (Å²) >= 11 is 0. The van der Waals surface area contributed by atoms with Crippen LogP contribution < -0.4 is 16.0 Å². The molecule has 0 aliphatic heterocycles. The second-order valence-corrected chi connectivity index (χ2v) is 5.07. The van der Waals surface area contributed by atoms with Gasteiger partial charge in [-0.25, -0.2) is 4.79 Å². The van der Waals surface area contributed by atoms with Crippen molar-refractivity contribution in [3.8, 4) is 0 Å². The van der Waals surface area contributed by atoms with Crippen LogP contribution in [-0.2, 0) is 9.59 Å². The Morgan fingerprint density at radius 3 is 2.25 bits per heavy atom. The molecule has 0 bridgehead atoms. The van der Waals surface area contributed by atoms with E-state index in [9.17, 15) is 14.4 Å². The third kappa shape index (κ3) is 5.90. The zero-order valence-electron chi connectivity index (χ0n) is 11.8. The van der Waals surface area contributed by atoms with Crippen molar-refractivity contribution >= 4 is 17.9 Å². The smallest absolute Gasteiger partial charge is 0.315 e. The van der Waals surface area contributed by atoms with Gasteiger partial charge in [0.05, 0.1) is 12.5 Å². The van der Waals surface area contributed by atoms with Crippen molar-refractivity contribution < 1.29 is 19.5 Å². The van der Waals surface area contributed by atoms with E-state index in [0.29, 0.717) is 31.8 Å². The Hall–Kier alpha value is -1.79. The Balaban J connectivity index is 2.13. The van der Waals surface area contributed by atoms with Crippen molar-refractivity contribution in [1.82, 2.24) is 16.0 Å². The number of likely N-dealkylation sites (N-methyl/N-ethyl adjacent to an activating group) is 1. The molecule has 4 N–H and O–H groups in total. The molecule has 1 aliphatic carbocycles. The van der Waals surface area contributed by atoms with Crippen LogP contribution in [0, 0.1) is 11.8 Å². The molecule has 1 saturated carbocycles. The molecule has 7 nitrogen and oxygen atoms in total. The van der Waals surface area contributed by atoms with Crippen LogP contribution in [0.4, 0.5) is 4.79 Å². The van der Waals surface area contributed by atoms with Crippen molar-refractivity contribution in [3.05, 3.63) is 0 Å². The van der Waals surface area contributed by atoms with E-state index in [1.165, 1.54) is 0 Å². The molecule has 20 heavy (non-hydrogen) atoms. The first-order valence-electron chi connectivity index (χ1n) is 7.04. The number of aliphatic carboxylic acids is 1. The van der Waals surface area contributed by atoms with Gasteiger partial charge in [0, 0.05) is 13.1 Å². The van der Waals surface area contributed by atoms with Crippen LogP contribution >= 0.6 is 0 Å². The minimum atomic E-state index is -0.726. The van der Waals surface area contributed by atoms with Gasteiger partial charge in [0.25, 0.3) is 0 Å². The highest BCUT2D eigenvalue weighted by Gasteiger charge is 2.25. The van der Waals surface area contributed by atoms with E-state index < -0.39 is 5.97 Å². The van der Waals surface area contributed by atoms with Gasteiger partial charge < -0.3 is 21.1 Å². The summed E-state index contributed by atoms with van der Waals surface area (Å²) in [6.45, 7) is 2.83. The van der Waals surface area contributed by atoms with Gasteiger partial charge in [0.1, 0.15) is 0 Å². The summed E-state index contributed by atoms with van der Waals surface area (Å²) < 4.78 is 0. The second-order valence-electron chi connectivity index (χ2n) is 5.07. The number of rotatable bonds is 6. The summed E-state index contributed by atoms with van der Waals surface area (Å²) in [4.78, 5) is 33.4. The SMILES string of the molecule is CCNC(=O)CNC(=O)NCC1CCC(C(=O)O)CC1. The van der Waals surface area contributed by atoms with Crippen molar-refractivity contribution in [2.45, 2.75) is 32.6 Å². The van der Waals surface area contributed by atoms with Crippen LogP contribution in [0.1, 0.15) is 32.6 Å². The number of carboxylic acids is 1. The molecule has 0 saturated heterocycles. The van der Waals surface area contributed by atoms with Gasteiger partial charge in [-0.15, -0.1) is 0 Å². The lowest BCUT2D eigenvalue weighted by Gasteiger charge is -2.26. The number of nitrogens with one attached hydrogen (secondary N) is 3. The first-order valence-corrected chi connectivity index (χ1v) is 7.04. The van der Waals surface area contributed by atoms with Crippen molar-refractivity contribution in [2.75, 3.05) is 19.6 Å². The maximum absolute atomic E-state index is 11.5. The summed E-state index contributed by atoms with van der Waals surface area (Å²) in [5, 5.41) is 16.7. The van der Waals surface area contributed by atoms with Crippen LogP contribution in [0.25, 0.3) is 0 Å². The molecule has 0 aromatic carbocycles. The summed E-state index contributed by atoms with van der Waals surface area (Å²) in [5.41, 5.74) is 0. The summed E-state index contributed by atoms with van der Waals surface area (Å²) in [5.74, 6) is -0.862. The van der Waals surface area contributed by atoms with E-state index in [4.69, 9.17) is 5.11 Å². The normalized spacial score (nSPS) is 21.9. The molecule has 3 amide bonds. The van der Waals surface area contributed by atoms with Crippen molar-refractivity contribution in [2.24, 2.45) is 11.8 Å². The number of hydrogen-bond donors (Lipinski definition) is 4. The highest BCUT2D eigenvalue weighted by atomic mass is 16.4. The largest absolute Gasteiger partial charge is 0.481 e. The van der Waals surface area contributed by atoms with Crippen molar-refractivity contribution in [1.29, 1.82) is 0 Å². The molecule has 0 radical (unpaired) electrons. The van der Waals surface area contributed by atoms with E-state index in [1.807, 2.05) is 6.92 Å². The Labute approximate surface area is 118 Å². The van der Waals surface area contributed by atoms with Gasteiger partial charge >= 0.3 is 12.0 Å². The van der Waals surface area contributed by atoms with Crippen LogP contribution in [0.15, 0.2) is 0 Å². The fourth-order valence-corrected chi connectivity index (χ4v) is 2.33. The van der Waals surface area contributed by atoms with Crippen LogP contribution in [0.2, 0.25) is 0 Å². The molecule has 1 fully saturated rings. The highest BCUT2D eigenvalue weighted by molar-refractivity contribution is 5.83. The second kappa shape index (κ2) is 8.39. The number of carboxylic acid groups (broad SMARTS) is 1. The molecule has 0 spiro atoms. The quantitative estimate of drug-likeness (QED) is 0.563. The van der Waals surface area contributed by atoms with Crippen LogP contribution in [0.5, 0.6) is 0 Å². The lowest BCUT2D eigenvalue weighted by atomic mass is 9.82. The van der Waals surface area contributed by atoms with Crippen molar-refractivity contribution in [3.63, 3.8) is 0 Å². The predicted molar refractivity (Wildman–Crippen MR) is 73.2 cm³/mol. The van der Waals surface area contributed by atoms with Crippen LogP contribution in [-0.4, -0.2) is 42.6 Å². The predicted octanol–water partition coefficient (Wildman–Crippen LogP) is 0.313. The van der Waals surface area contributed by atoms with Gasteiger partial charge in [-0.05, 0) is 38.5 Å². The van der Waals surface area contributed by atoms with Crippen LogP contribution in [0.3, 0.4) is 0 Å². The topological polar surface area (TPSA) is 108 Å². The molecular weight excluding hydrogens is 262 g/mol. The van der Waals surface area contributed by atoms with Gasteiger partial charge in [-0.2, -0.15) is 0 Å². The van der Waals surface area contributed by atoms with E-state index in [-0.39, 0.29) is 24.4 Å². The number of urea groups is 1. The molecule has 1 aliphatic rings. The Morgan fingerprint density at radius 2 is 1.70 bits per heavy atom. The average Bonchev–Trinajstić information content (AvgIpc) is 2.43. The third-order valence-electron chi connectivity index (χ3n) is 3.53. The van der Waals surface area contributed by atoms with E-state index in [2.05, 4.69) is 16.0 Å². The monoisotopic (exact) mass is 285 g/mol. The lowest BCUT2D eigenvalue weighted by Crippen LogP contribution is -2.43. The zero-order valence-corrected chi connectivity index (χ0v) is 11.8. The standard InChI is InChI=1S/C13H23N3O4/c1-2-14-11(17)8-16-13(20)15-7-9-3-5-10(6-4-9)12(18)19/h9-10H,2-8H2,1H3,(H,14,17)(H,18,19)(H2,15,16,20). The molecule has 0 heterocycles. The average molecular weight is 285 g/mol. The minimum Gasteiger partial charge on any atom is -0.481 e. The number of carbonyl (C=O) groups excluding carboxylic acids is 2. The summed E-state index contributed by atoms with van der Waals surface area (Å²) in [6, 6.07) is -0.364. The van der Waals surface area contributed by atoms with Gasteiger partial charge in [0.15, 0.2) is 0 Å². The summed E-state index contributed by atoms with van der Waals surface area (Å²) in [6.07, 6.45) is 2.96. The molecule has 7 heteroatoms. The van der Waals surface area contributed by atoms with E-state index >= 15 is 0 Å². The summed E-state index contributed by atoms with van der Waals surface area (Å²) in [7, 11) is 0. The molecule has 0 aromatic rings. The maximum atomic E-state index is 11.5. The molecule has 0 atom stereocenters. The molecule has 0 unspecified atom stereocenters.